The largest absolute Gasteiger partial charge is 0.383 e. The normalized spacial score (nSPS) is 19.7. The number of anilines is 1. The summed E-state index contributed by atoms with van der Waals surface area (Å²) >= 11 is 3.44. The van der Waals surface area contributed by atoms with Gasteiger partial charge in [-0.1, -0.05) is 12.1 Å². The minimum absolute atomic E-state index is 0.0264. The highest BCUT2D eigenvalue weighted by Gasteiger charge is 2.36. The summed E-state index contributed by atoms with van der Waals surface area (Å²) in [6.07, 6.45) is 0.243. The van der Waals surface area contributed by atoms with Crippen LogP contribution in [0, 0.1) is 5.92 Å². The number of benzene rings is 1. The molecule has 0 aromatic heterocycles. The lowest BCUT2D eigenvalue weighted by Gasteiger charge is -2.19. The molecule has 0 saturated carbocycles. The van der Waals surface area contributed by atoms with Crippen LogP contribution in [0.3, 0.4) is 0 Å². The van der Waals surface area contributed by atoms with Crippen molar-refractivity contribution in [3.63, 3.8) is 0 Å². The van der Waals surface area contributed by atoms with Crippen LogP contribution in [0.1, 0.15) is 13.3 Å². The first-order chi connectivity index (χ1) is 10.0. The highest BCUT2D eigenvalue weighted by atomic mass is 79.9. The average molecular weight is 355 g/mol. The average Bonchev–Trinajstić information content (AvgIpc) is 2.81. The van der Waals surface area contributed by atoms with Crippen molar-refractivity contribution < 1.29 is 14.3 Å². The van der Waals surface area contributed by atoms with Gasteiger partial charge in [-0.25, -0.2) is 0 Å². The van der Waals surface area contributed by atoms with Gasteiger partial charge in [0.15, 0.2) is 0 Å². The fourth-order valence-corrected chi connectivity index (χ4v) is 2.94. The number of nitrogens with zero attached hydrogens (tertiary/aromatic N) is 1. The maximum atomic E-state index is 12.2. The predicted molar refractivity (Wildman–Crippen MR) is 84.1 cm³/mol. The number of hydrogen-bond acceptors (Lipinski definition) is 3. The highest BCUT2D eigenvalue weighted by Crippen LogP contribution is 2.31. The van der Waals surface area contributed by atoms with E-state index in [4.69, 9.17) is 4.74 Å². The van der Waals surface area contributed by atoms with Crippen LogP contribution in [0.4, 0.5) is 5.69 Å². The standard InChI is InChI=1S/C15H19BrN2O3/c1-10(9-21-2)17-15(20)11-7-14(19)18(8-11)13-6-4-3-5-12(13)16/h3-6,10-11H,7-9H2,1-2H3,(H,17,20). The molecule has 1 aliphatic heterocycles. The first-order valence-corrected chi connectivity index (χ1v) is 7.66. The fourth-order valence-electron chi connectivity index (χ4n) is 2.44. The maximum Gasteiger partial charge on any atom is 0.227 e. The van der Waals surface area contributed by atoms with Gasteiger partial charge in [0.05, 0.1) is 18.2 Å². The molecule has 0 bridgehead atoms. The van der Waals surface area contributed by atoms with Gasteiger partial charge in [0.1, 0.15) is 0 Å². The molecule has 21 heavy (non-hydrogen) atoms. The summed E-state index contributed by atoms with van der Waals surface area (Å²) in [7, 11) is 1.59. The number of methoxy groups -OCH3 is 1. The molecular weight excluding hydrogens is 336 g/mol. The molecule has 2 amide bonds. The Morgan fingerprint density at radius 1 is 1.52 bits per heavy atom. The van der Waals surface area contributed by atoms with E-state index in [1.54, 1.807) is 12.0 Å². The van der Waals surface area contributed by atoms with Crippen molar-refractivity contribution in [2.75, 3.05) is 25.2 Å². The van der Waals surface area contributed by atoms with Crippen molar-refractivity contribution in [1.29, 1.82) is 0 Å². The molecule has 0 aliphatic carbocycles. The van der Waals surface area contributed by atoms with Crippen LogP contribution in [0.15, 0.2) is 28.7 Å². The van der Waals surface area contributed by atoms with Gasteiger partial charge in [0, 0.05) is 30.6 Å². The van der Waals surface area contributed by atoms with E-state index in [9.17, 15) is 9.59 Å². The zero-order valence-electron chi connectivity index (χ0n) is 12.1. The molecule has 2 unspecified atom stereocenters. The smallest absolute Gasteiger partial charge is 0.227 e. The Bertz CT molecular complexity index is 535. The van der Waals surface area contributed by atoms with Crippen LogP contribution in [-0.2, 0) is 14.3 Å². The van der Waals surface area contributed by atoms with Gasteiger partial charge >= 0.3 is 0 Å². The molecule has 0 radical (unpaired) electrons. The SMILES string of the molecule is COCC(C)NC(=O)C1CC(=O)N(c2ccccc2Br)C1. The van der Waals surface area contributed by atoms with Crippen molar-refractivity contribution in [3.8, 4) is 0 Å². The van der Waals surface area contributed by atoms with Crippen LogP contribution < -0.4 is 10.2 Å². The van der Waals surface area contributed by atoms with Crippen molar-refractivity contribution in [2.24, 2.45) is 5.92 Å². The number of ether oxygens (including phenoxy) is 1. The summed E-state index contributed by atoms with van der Waals surface area (Å²) in [4.78, 5) is 26.0. The second kappa shape index (κ2) is 7.04. The first-order valence-electron chi connectivity index (χ1n) is 6.87. The van der Waals surface area contributed by atoms with Crippen molar-refractivity contribution in [1.82, 2.24) is 5.32 Å². The van der Waals surface area contributed by atoms with Crippen LogP contribution in [0.5, 0.6) is 0 Å². The molecule has 1 heterocycles. The van der Waals surface area contributed by atoms with E-state index < -0.39 is 0 Å². The number of carbonyl (C=O) groups is 2. The van der Waals surface area contributed by atoms with E-state index in [1.165, 1.54) is 0 Å². The lowest BCUT2D eigenvalue weighted by atomic mass is 10.1. The van der Waals surface area contributed by atoms with Crippen LogP contribution in [-0.4, -0.2) is 38.1 Å². The lowest BCUT2D eigenvalue weighted by molar-refractivity contribution is -0.127. The number of para-hydroxylation sites is 1. The van der Waals surface area contributed by atoms with Crippen LogP contribution in [0.25, 0.3) is 0 Å². The summed E-state index contributed by atoms with van der Waals surface area (Å²) in [5.41, 5.74) is 0.808. The minimum atomic E-state index is -0.316. The van der Waals surface area contributed by atoms with E-state index in [0.29, 0.717) is 13.2 Å². The Hall–Kier alpha value is -1.40. The van der Waals surface area contributed by atoms with Crippen molar-refractivity contribution in [2.45, 2.75) is 19.4 Å². The predicted octanol–water partition coefficient (Wildman–Crippen LogP) is 1.95. The Morgan fingerprint density at radius 3 is 2.90 bits per heavy atom. The third-order valence-corrected chi connectivity index (χ3v) is 4.11. The number of hydrogen-bond donors (Lipinski definition) is 1. The van der Waals surface area contributed by atoms with E-state index >= 15 is 0 Å². The Morgan fingerprint density at radius 2 is 2.24 bits per heavy atom. The topological polar surface area (TPSA) is 58.6 Å². The third-order valence-electron chi connectivity index (χ3n) is 3.44. The molecular formula is C15H19BrN2O3. The highest BCUT2D eigenvalue weighted by molar-refractivity contribution is 9.10. The quantitative estimate of drug-likeness (QED) is 0.879. The van der Waals surface area contributed by atoms with Crippen LogP contribution in [0.2, 0.25) is 0 Å². The van der Waals surface area contributed by atoms with Gasteiger partial charge in [-0.15, -0.1) is 0 Å². The van der Waals surface area contributed by atoms with Crippen molar-refractivity contribution in [3.05, 3.63) is 28.7 Å². The Kier molecular flexibility index (Phi) is 5.36. The number of nitrogens with one attached hydrogen (secondary N) is 1. The summed E-state index contributed by atoms with van der Waals surface area (Å²) in [5, 5.41) is 2.88. The zero-order valence-corrected chi connectivity index (χ0v) is 13.7. The fraction of sp³-hybridized carbons (Fsp3) is 0.467. The molecule has 5 nitrogen and oxygen atoms in total. The lowest BCUT2D eigenvalue weighted by Crippen LogP contribution is -2.40. The Balaban J connectivity index is 2.03. The van der Waals surface area contributed by atoms with Crippen LogP contribution >= 0.6 is 15.9 Å². The molecule has 1 fully saturated rings. The number of carbonyl (C=O) groups excluding carboxylic acids is 2. The monoisotopic (exact) mass is 354 g/mol. The van der Waals surface area contributed by atoms with Crippen molar-refractivity contribution >= 4 is 33.4 Å². The molecule has 1 aromatic carbocycles. The molecule has 0 spiro atoms. The van der Waals surface area contributed by atoms with E-state index in [2.05, 4.69) is 21.2 Å². The number of amides is 2. The zero-order chi connectivity index (χ0) is 15.4. The molecule has 1 N–H and O–H groups in total. The summed E-state index contributed by atoms with van der Waals surface area (Å²) in [6.45, 7) is 2.75. The molecule has 1 aliphatic rings. The molecule has 6 heteroatoms. The second-order valence-corrected chi connectivity index (χ2v) is 6.08. The molecule has 114 valence electrons. The second-order valence-electron chi connectivity index (χ2n) is 5.22. The first kappa shape index (κ1) is 16.0. The van der Waals surface area contributed by atoms with Gasteiger partial charge in [-0.05, 0) is 35.0 Å². The third kappa shape index (κ3) is 3.83. The van der Waals surface area contributed by atoms with Gasteiger partial charge in [-0.3, -0.25) is 9.59 Å². The van der Waals surface area contributed by atoms with Gasteiger partial charge in [0.25, 0.3) is 0 Å². The summed E-state index contributed by atoms with van der Waals surface area (Å²) in [6, 6.07) is 7.47. The summed E-state index contributed by atoms with van der Waals surface area (Å²) in [5.74, 6) is -0.437. The van der Waals surface area contributed by atoms with E-state index in [1.807, 2.05) is 31.2 Å². The van der Waals surface area contributed by atoms with Gasteiger partial charge in [-0.2, -0.15) is 0 Å². The summed E-state index contributed by atoms with van der Waals surface area (Å²) < 4.78 is 5.85. The Labute approximate surface area is 132 Å². The minimum Gasteiger partial charge on any atom is -0.383 e. The number of halogens is 1. The number of rotatable bonds is 5. The molecule has 1 aromatic rings. The van der Waals surface area contributed by atoms with E-state index in [-0.39, 0.29) is 30.2 Å². The molecule has 1 saturated heterocycles. The molecule has 2 rings (SSSR count). The van der Waals surface area contributed by atoms with Gasteiger partial charge in [0.2, 0.25) is 11.8 Å². The van der Waals surface area contributed by atoms with Gasteiger partial charge < -0.3 is 15.0 Å². The van der Waals surface area contributed by atoms with E-state index in [0.717, 1.165) is 10.2 Å². The maximum absolute atomic E-state index is 12.2. The molecule has 2 atom stereocenters.